The second-order valence-electron chi connectivity index (χ2n) is 7.44. The molecule has 0 fully saturated rings. The number of methoxy groups -OCH3 is 1. The fraction of sp³-hybridized carbons (Fsp3) is 0.421. The zero-order valence-electron chi connectivity index (χ0n) is 16.4. The molecule has 2 aromatic rings. The van der Waals surface area contributed by atoms with Crippen molar-refractivity contribution in [2.75, 3.05) is 17.7 Å². The lowest BCUT2D eigenvalue weighted by molar-refractivity contribution is -0.123. The minimum Gasteiger partial charge on any atom is -0.495 e. The summed E-state index contributed by atoms with van der Waals surface area (Å²) < 4.78 is 5.38. The highest BCUT2D eigenvalue weighted by Gasteiger charge is 2.31. The molecule has 6 nitrogen and oxygen atoms in total. The first kappa shape index (κ1) is 21.0. The molecule has 1 aliphatic rings. The number of nitrogens with zero attached hydrogens (tertiary/aromatic N) is 2. The van der Waals surface area contributed by atoms with Gasteiger partial charge >= 0.3 is 0 Å². The van der Waals surface area contributed by atoms with Crippen molar-refractivity contribution in [3.05, 3.63) is 34.3 Å². The van der Waals surface area contributed by atoms with Crippen LogP contribution in [-0.4, -0.2) is 28.4 Å². The van der Waals surface area contributed by atoms with Gasteiger partial charge < -0.3 is 15.4 Å². The molecule has 2 heterocycles. The second kappa shape index (κ2) is 8.31. The number of halogens is 1. The van der Waals surface area contributed by atoms with Gasteiger partial charge in [0, 0.05) is 21.9 Å². The van der Waals surface area contributed by atoms with Crippen LogP contribution in [0.1, 0.15) is 38.6 Å². The molecule has 1 aromatic carbocycles. The summed E-state index contributed by atoms with van der Waals surface area (Å²) in [5.74, 6) is 0.648. The first-order chi connectivity index (χ1) is 13.2. The zero-order valence-corrected chi connectivity index (χ0v) is 18.8. The molecule has 28 heavy (non-hydrogen) atoms. The topological polar surface area (TPSA) is 75.6 Å². The Morgan fingerprint density at radius 2 is 2.07 bits per heavy atom. The summed E-state index contributed by atoms with van der Waals surface area (Å²) in [5.41, 5.74) is 0.310. The van der Waals surface area contributed by atoms with Crippen molar-refractivity contribution in [3.63, 3.8) is 0 Å². The third kappa shape index (κ3) is 4.79. The van der Waals surface area contributed by atoms with E-state index in [4.69, 9.17) is 21.3 Å². The number of anilines is 2. The zero-order chi connectivity index (χ0) is 20.5. The van der Waals surface area contributed by atoms with Gasteiger partial charge in [-0.15, -0.1) is 0 Å². The molecular weight excluding hydrogens is 416 g/mol. The van der Waals surface area contributed by atoms with Gasteiger partial charge in [-0.2, -0.15) is 0 Å². The highest BCUT2D eigenvalue weighted by molar-refractivity contribution is 8.15. The van der Waals surface area contributed by atoms with Crippen LogP contribution in [0.15, 0.2) is 29.4 Å². The van der Waals surface area contributed by atoms with E-state index in [0.29, 0.717) is 15.9 Å². The fourth-order valence-corrected chi connectivity index (χ4v) is 4.76. The first-order valence-electron chi connectivity index (χ1n) is 8.79. The molecule has 0 bridgehead atoms. The van der Waals surface area contributed by atoms with E-state index in [1.165, 1.54) is 11.3 Å². The standard InChI is InChI=1S/C19H23ClN4O2S2/c1-10-15(14-9-21-17(28-14)24-16(25)19(2,3)4)23-18(27-10)22-12-8-11(20)6-7-13(12)26-5/h6-10,15H,1-5H3,(H,22,23)(H,21,24,25). The molecular formula is C19H23ClN4O2S2. The Morgan fingerprint density at radius 1 is 1.32 bits per heavy atom. The van der Waals surface area contributed by atoms with E-state index < -0.39 is 5.41 Å². The Labute approximate surface area is 178 Å². The number of aliphatic imine (C=N–C) groups is 1. The number of hydrogen-bond donors (Lipinski definition) is 2. The molecule has 2 N–H and O–H groups in total. The summed E-state index contributed by atoms with van der Waals surface area (Å²) in [6.45, 7) is 7.74. The Morgan fingerprint density at radius 3 is 2.75 bits per heavy atom. The third-order valence-corrected chi connectivity index (χ3v) is 6.40. The maximum absolute atomic E-state index is 12.2. The normalized spacial score (nSPS) is 19.3. The van der Waals surface area contributed by atoms with E-state index in [2.05, 4.69) is 22.5 Å². The van der Waals surface area contributed by atoms with Crippen molar-refractivity contribution in [3.8, 4) is 5.75 Å². The predicted octanol–water partition coefficient (Wildman–Crippen LogP) is 5.43. The molecule has 0 saturated heterocycles. The first-order valence-corrected chi connectivity index (χ1v) is 10.9. The van der Waals surface area contributed by atoms with Crippen LogP contribution in [-0.2, 0) is 4.79 Å². The maximum Gasteiger partial charge on any atom is 0.231 e. The predicted molar refractivity (Wildman–Crippen MR) is 119 cm³/mol. The Kier molecular flexibility index (Phi) is 6.21. The number of benzene rings is 1. The van der Waals surface area contributed by atoms with Crippen LogP contribution in [0.25, 0.3) is 0 Å². The van der Waals surface area contributed by atoms with Gasteiger partial charge in [0.15, 0.2) is 10.3 Å². The second-order valence-corrected chi connectivity index (χ2v) is 10.3. The van der Waals surface area contributed by atoms with E-state index in [-0.39, 0.29) is 17.2 Å². The summed E-state index contributed by atoms with van der Waals surface area (Å²) in [4.78, 5) is 22.3. The van der Waals surface area contributed by atoms with Gasteiger partial charge in [0.2, 0.25) is 5.91 Å². The van der Waals surface area contributed by atoms with Crippen molar-refractivity contribution >= 4 is 56.6 Å². The van der Waals surface area contributed by atoms with Crippen LogP contribution < -0.4 is 15.4 Å². The van der Waals surface area contributed by atoms with Crippen LogP contribution in [0.5, 0.6) is 5.75 Å². The van der Waals surface area contributed by atoms with Crippen molar-refractivity contribution < 1.29 is 9.53 Å². The maximum atomic E-state index is 12.2. The lowest BCUT2D eigenvalue weighted by Gasteiger charge is -2.16. The minimum absolute atomic E-state index is 0.0320. The number of ether oxygens (including phenoxy) is 1. The summed E-state index contributed by atoms with van der Waals surface area (Å²) in [7, 11) is 1.62. The van der Waals surface area contributed by atoms with E-state index in [1.54, 1.807) is 31.1 Å². The number of thiazole rings is 1. The molecule has 2 unspecified atom stereocenters. The van der Waals surface area contributed by atoms with Crippen molar-refractivity contribution in [2.24, 2.45) is 10.4 Å². The monoisotopic (exact) mass is 438 g/mol. The van der Waals surface area contributed by atoms with Gasteiger partial charge in [0.05, 0.1) is 17.7 Å². The Bertz CT molecular complexity index is 908. The van der Waals surface area contributed by atoms with E-state index in [0.717, 1.165) is 15.7 Å². The van der Waals surface area contributed by atoms with Crippen molar-refractivity contribution in [1.82, 2.24) is 4.98 Å². The van der Waals surface area contributed by atoms with Gasteiger partial charge in [-0.25, -0.2) is 4.98 Å². The van der Waals surface area contributed by atoms with Gasteiger partial charge in [-0.3, -0.25) is 9.79 Å². The number of amidine groups is 1. The molecule has 0 spiro atoms. The Balaban J connectivity index is 1.75. The SMILES string of the molecule is COc1ccc(Cl)cc1NC1=NC(c2cnc(NC(=O)C(C)(C)C)s2)C(C)S1. The summed E-state index contributed by atoms with van der Waals surface area (Å²) >= 11 is 9.21. The molecule has 9 heteroatoms. The minimum atomic E-state index is -0.465. The van der Waals surface area contributed by atoms with E-state index in [1.807, 2.05) is 32.9 Å². The van der Waals surface area contributed by atoms with Crippen LogP contribution >= 0.6 is 34.7 Å². The number of nitrogens with one attached hydrogen (secondary N) is 2. The molecule has 150 valence electrons. The number of aromatic nitrogens is 1. The highest BCUT2D eigenvalue weighted by Crippen LogP contribution is 2.41. The van der Waals surface area contributed by atoms with E-state index in [9.17, 15) is 4.79 Å². The molecule has 0 radical (unpaired) electrons. The van der Waals surface area contributed by atoms with Crippen LogP contribution in [0.3, 0.4) is 0 Å². The Hall–Kier alpha value is -1.77. The molecule has 1 amide bonds. The smallest absolute Gasteiger partial charge is 0.231 e. The van der Waals surface area contributed by atoms with Crippen molar-refractivity contribution in [1.29, 1.82) is 0 Å². The number of hydrogen-bond acceptors (Lipinski definition) is 7. The number of carbonyl (C=O) groups excluding carboxylic acids is 1. The largest absolute Gasteiger partial charge is 0.495 e. The lowest BCUT2D eigenvalue weighted by atomic mass is 9.96. The molecule has 0 saturated carbocycles. The quantitative estimate of drug-likeness (QED) is 0.665. The summed E-state index contributed by atoms with van der Waals surface area (Å²) in [6, 6.07) is 5.38. The van der Waals surface area contributed by atoms with Crippen LogP contribution in [0.4, 0.5) is 10.8 Å². The van der Waals surface area contributed by atoms with Crippen molar-refractivity contribution in [2.45, 2.75) is 39.0 Å². The van der Waals surface area contributed by atoms with E-state index >= 15 is 0 Å². The molecule has 2 atom stereocenters. The molecule has 0 aliphatic carbocycles. The molecule has 1 aromatic heterocycles. The summed E-state index contributed by atoms with van der Waals surface area (Å²) in [6.07, 6.45) is 1.79. The van der Waals surface area contributed by atoms with Gasteiger partial charge in [0.25, 0.3) is 0 Å². The average molecular weight is 439 g/mol. The van der Waals surface area contributed by atoms with Gasteiger partial charge in [-0.1, -0.05) is 62.4 Å². The average Bonchev–Trinajstić information content (AvgIpc) is 3.20. The van der Waals surface area contributed by atoms with Gasteiger partial charge in [0.1, 0.15) is 11.8 Å². The number of thioether (sulfide) groups is 1. The molecule has 1 aliphatic heterocycles. The molecule has 3 rings (SSSR count). The number of rotatable bonds is 4. The van der Waals surface area contributed by atoms with Gasteiger partial charge in [-0.05, 0) is 18.2 Å². The van der Waals surface area contributed by atoms with Crippen LogP contribution in [0.2, 0.25) is 5.02 Å². The van der Waals surface area contributed by atoms with Crippen LogP contribution in [0, 0.1) is 5.41 Å². The third-order valence-electron chi connectivity index (χ3n) is 4.12. The number of carbonyl (C=O) groups is 1. The highest BCUT2D eigenvalue weighted by atomic mass is 35.5. The number of amides is 1. The fourth-order valence-electron chi connectivity index (χ4n) is 2.52. The summed E-state index contributed by atoms with van der Waals surface area (Å²) in [5, 5.41) is 8.44. The lowest BCUT2D eigenvalue weighted by Crippen LogP contribution is -2.27.